The van der Waals surface area contributed by atoms with Crippen molar-refractivity contribution in [3.8, 4) is 0 Å². The molecule has 1 amide bonds. The maximum atomic E-state index is 12.2. The predicted molar refractivity (Wildman–Crippen MR) is 88.2 cm³/mol. The molecule has 2 aromatic rings. The molecule has 0 aromatic heterocycles. The minimum absolute atomic E-state index is 0.0227. The molecule has 20 heavy (non-hydrogen) atoms. The molecule has 0 aliphatic rings. The Hall–Kier alpha value is -1.26. The standard InChI is InChI=1S/C16H16BrNOS/c1-11(12-7-9-13(20-2)10-8-12)18-16(19)14-5-3-4-6-15(14)17/h3-11H,1-2H3,(H,18,19). The number of amides is 1. The van der Waals surface area contributed by atoms with Gasteiger partial charge in [0, 0.05) is 9.37 Å². The minimum atomic E-state index is -0.0704. The maximum absolute atomic E-state index is 12.2. The molecule has 2 nitrogen and oxygen atoms in total. The first-order chi connectivity index (χ1) is 9.61. The number of hydrogen-bond acceptors (Lipinski definition) is 2. The first-order valence-electron chi connectivity index (χ1n) is 6.31. The van der Waals surface area contributed by atoms with Gasteiger partial charge in [-0.05, 0) is 58.9 Å². The van der Waals surface area contributed by atoms with E-state index in [0.29, 0.717) is 5.56 Å². The Kier molecular flexibility index (Phi) is 5.26. The summed E-state index contributed by atoms with van der Waals surface area (Å²) in [6.07, 6.45) is 2.05. The summed E-state index contributed by atoms with van der Waals surface area (Å²) >= 11 is 5.11. The smallest absolute Gasteiger partial charge is 0.252 e. The lowest BCUT2D eigenvalue weighted by Gasteiger charge is -2.15. The van der Waals surface area contributed by atoms with Gasteiger partial charge in [0.05, 0.1) is 11.6 Å². The molecule has 4 heteroatoms. The van der Waals surface area contributed by atoms with Crippen molar-refractivity contribution < 1.29 is 4.79 Å². The second-order valence-corrected chi connectivity index (χ2v) is 6.18. The van der Waals surface area contributed by atoms with Gasteiger partial charge in [-0.3, -0.25) is 4.79 Å². The highest BCUT2D eigenvalue weighted by Gasteiger charge is 2.13. The zero-order chi connectivity index (χ0) is 14.5. The van der Waals surface area contributed by atoms with Crippen molar-refractivity contribution in [3.05, 3.63) is 64.1 Å². The minimum Gasteiger partial charge on any atom is -0.345 e. The molecule has 0 heterocycles. The quantitative estimate of drug-likeness (QED) is 0.813. The van der Waals surface area contributed by atoms with Crippen LogP contribution in [0.2, 0.25) is 0 Å². The fourth-order valence-corrected chi connectivity index (χ4v) is 2.77. The fraction of sp³-hybridized carbons (Fsp3) is 0.188. The van der Waals surface area contributed by atoms with Crippen molar-refractivity contribution in [2.24, 2.45) is 0 Å². The molecule has 1 atom stereocenters. The average Bonchev–Trinajstić information content (AvgIpc) is 2.47. The van der Waals surface area contributed by atoms with Gasteiger partial charge < -0.3 is 5.32 Å². The van der Waals surface area contributed by atoms with Crippen molar-refractivity contribution in [2.75, 3.05) is 6.26 Å². The number of halogens is 1. The second-order valence-electron chi connectivity index (χ2n) is 4.45. The highest BCUT2D eigenvalue weighted by Crippen LogP contribution is 2.20. The maximum Gasteiger partial charge on any atom is 0.252 e. The Morgan fingerprint density at radius 1 is 1.15 bits per heavy atom. The lowest BCUT2D eigenvalue weighted by atomic mass is 10.1. The van der Waals surface area contributed by atoms with E-state index in [1.54, 1.807) is 11.8 Å². The van der Waals surface area contributed by atoms with Crippen LogP contribution in [0, 0.1) is 0 Å². The zero-order valence-electron chi connectivity index (χ0n) is 11.4. The van der Waals surface area contributed by atoms with E-state index in [0.717, 1.165) is 10.0 Å². The van der Waals surface area contributed by atoms with E-state index < -0.39 is 0 Å². The van der Waals surface area contributed by atoms with Crippen LogP contribution >= 0.6 is 27.7 Å². The van der Waals surface area contributed by atoms with Gasteiger partial charge in [-0.2, -0.15) is 0 Å². The van der Waals surface area contributed by atoms with E-state index in [2.05, 4.69) is 45.5 Å². The van der Waals surface area contributed by atoms with Gasteiger partial charge in [-0.15, -0.1) is 11.8 Å². The molecule has 0 aliphatic carbocycles. The summed E-state index contributed by atoms with van der Waals surface area (Å²) in [7, 11) is 0. The number of hydrogen-bond donors (Lipinski definition) is 1. The third-order valence-corrected chi connectivity index (χ3v) is 4.52. The lowest BCUT2D eigenvalue weighted by Crippen LogP contribution is -2.26. The van der Waals surface area contributed by atoms with Crippen LogP contribution in [0.25, 0.3) is 0 Å². The van der Waals surface area contributed by atoms with Crippen molar-refractivity contribution in [2.45, 2.75) is 17.9 Å². The SMILES string of the molecule is CSc1ccc(C(C)NC(=O)c2ccccc2Br)cc1. The Morgan fingerprint density at radius 3 is 2.40 bits per heavy atom. The summed E-state index contributed by atoms with van der Waals surface area (Å²) in [5, 5.41) is 3.02. The Balaban J connectivity index is 2.09. The van der Waals surface area contributed by atoms with E-state index in [1.165, 1.54) is 4.90 Å². The number of benzene rings is 2. The Bertz CT molecular complexity index is 598. The molecule has 2 rings (SSSR count). The Labute approximate surface area is 132 Å². The van der Waals surface area contributed by atoms with E-state index in [4.69, 9.17) is 0 Å². The van der Waals surface area contributed by atoms with Gasteiger partial charge in [0.15, 0.2) is 0 Å². The summed E-state index contributed by atoms with van der Waals surface area (Å²) in [4.78, 5) is 13.4. The summed E-state index contributed by atoms with van der Waals surface area (Å²) in [5.74, 6) is -0.0704. The van der Waals surface area contributed by atoms with Gasteiger partial charge in [-0.1, -0.05) is 24.3 Å². The second kappa shape index (κ2) is 6.95. The highest BCUT2D eigenvalue weighted by atomic mass is 79.9. The predicted octanol–water partition coefficient (Wildman–Crippen LogP) is 4.66. The Morgan fingerprint density at radius 2 is 1.80 bits per heavy atom. The third-order valence-electron chi connectivity index (χ3n) is 3.08. The van der Waals surface area contributed by atoms with E-state index >= 15 is 0 Å². The van der Waals surface area contributed by atoms with Crippen molar-refractivity contribution in [1.82, 2.24) is 5.32 Å². The molecule has 104 valence electrons. The lowest BCUT2D eigenvalue weighted by molar-refractivity contribution is 0.0939. The molecule has 1 unspecified atom stereocenters. The van der Waals surface area contributed by atoms with Crippen LogP contribution in [0.15, 0.2) is 57.9 Å². The van der Waals surface area contributed by atoms with Crippen LogP contribution in [0.1, 0.15) is 28.9 Å². The highest BCUT2D eigenvalue weighted by molar-refractivity contribution is 9.10. The topological polar surface area (TPSA) is 29.1 Å². The first-order valence-corrected chi connectivity index (χ1v) is 8.33. The molecule has 0 fully saturated rings. The van der Waals surface area contributed by atoms with E-state index in [-0.39, 0.29) is 11.9 Å². The number of rotatable bonds is 4. The molecular formula is C16H16BrNOS. The first kappa shape index (κ1) is 15.1. The van der Waals surface area contributed by atoms with Gasteiger partial charge >= 0.3 is 0 Å². The molecule has 1 N–H and O–H groups in total. The van der Waals surface area contributed by atoms with Crippen LogP contribution in [0.4, 0.5) is 0 Å². The molecule has 0 aliphatic heterocycles. The number of nitrogens with one attached hydrogen (secondary N) is 1. The molecule has 0 spiro atoms. The van der Waals surface area contributed by atoms with Crippen LogP contribution in [-0.2, 0) is 0 Å². The van der Waals surface area contributed by atoms with Gasteiger partial charge in [0.2, 0.25) is 0 Å². The fourth-order valence-electron chi connectivity index (χ4n) is 1.90. The van der Waals surface area contributed by atoms with Crippen LogP contribution < -0.4 is 5.32 Å². The summed E-state index contributed by atoms with van der Waals surface area (Å²) in [6.45, 7) is 1.99. The average molecular weight is 350 g/mol. The zero-order valence-corrected chi connectivity index (χ0v) is 13.8. The van der Waals surface area contributed by atoms with E-state index in [1.807, 2.05) is 37.4 Å². The molecular weight excluding hydrogens is 334 g/mol. The third kappa shape index (κ3) is 3.64. The van der Waals surface area contributed by atoms with Gasteiger partial charge in [-0.25, -0.2) is 0 Å². The summed E-state index contributed by atoms with van der Waals surface area (Å²) in [5.41, 5.74) is 1.75. The van der Waals surface area contributed by atoms with E-state index in [9.17, 15) is 4.79 Å². The molecule has 0 radical (unpaired) electrons. The summed E-state index contributed by atoms with van der Waals surface area (Å²) < 4.78 is 0.808. The van der Waals surface area contributed by atoms with Crippen LogP contribution in [-0.4, -0.2) is 12.2 Å². The van der Waals surface area contributed by atoms with Crippen LogP contribution in [0.3, 0.4) is 0 Å². The molecule has 0 saturated heterocycles. The van der Waals surface area contributed by atoms with Crippen molar-refractivity contribution in [1.29, 1.82) is 0 Å². The number of carbonyl (C=O) groups is 1. The molecule has 2 aromatic carbocycles. The monoisotopic (exact) mass is 349 g/mol. The number of carbonyl (C=O) groups excluding carboxylic acids is 1. The van der Waals surface area contributed by atoms with Crippen LogP contribution in [0.5, 0.6) is 0 Å². The molecule has 0 saturated carbocycles. The largest absolute Gasteiger partial charge is 0.345 e. The van der Waals surface area contributed by atoms with Gasteiger partial charge in [0.25, 0.3) is 5.91 Å². The van der Waals surface area contributed by atoms with Gasteiger partial charge in [0.1, 0.15) is 0 Å². The van der Waals surface area contributed by atoms with Crippen molar-refractivity contribution >= 4 is 33.6 Å². The summed E-state index contributed by atoms with van der Waals surface area (Å²) in [6, 6.07) is 15.7. The normalized spacial score (nSPS) is 11.9. The number of thioether (sulfide) groups is 1. The van der Waals surface area contributed by atoms with Crippen molar-refractivity contribution in [3.63, 3.8) is 0 Å². The molecule has 0 bridgehead atoms.